The molecule has 0 saturated heterocycles. The van der Waals surface area contributed by atoms with E-state index in [0.717, 1.165) is 0 Å². The van der Waals surface area contributed by atoms with Gasteiger partial charge >= 0.3 is 5.97 Å². The van der Waals surface area contributed by atoms with Gasteiger partial charge < -0.3 is 10.5 Å². The monoisotopic (exact) mass is 261 g/mol. The van der Waals surface area contributed by atoms with Gasteiger partial charge in [0.25, 0.3) is 0 Å². The molecule has 0 aliphatic rings. The summed E-state index contributed by atoms with van der Waals surface area (Å²) in [4.78, 5) is 33.6. The molecule has 1 rings (SSSR count). The summed E-state index contributed by atoms with van der Waals surface area (Å²) >= 11 is 0. The lowest BCUT2D eigenvalue weighted by Gasteiger charge is -2.18. The number of carbonyl (C=O) groups is 3. The summed E-state index contributed by atoms with van der Waals surface area (Å²) in [6.45, 7) is 4.81. The fourth-order valence-electron chi connectivity index (χ4n) is 1.47. The molecule has 5 nitrogen and oxygen atoms in total. The van der Waals surface area contributed by atoms with Crippen molar-refractivity contribution in [2.75, 3.05) is 0 Å². The third-order valence-corrected chi connectivity index (χ3v) is 2.38. The molecule has 1 atom stereocenters. The maximum absolute atomic E-state index is 11.5. The summed E-state index contributed by atoms with van der Waals surface area (Å²) in [5, 5.41) is 0. The Morgan fingerprint density at radius 1 is 1.26 bits per heavy atom. The van der Waals surface area contributed by atoms with Crippen LogP contribution in [-0.2, 0) is 19.1 Å². The van der Waals surface area contributed by atoms with Crippen LogP contribution in [0.1, 0.15) is 25.0 Å². The molecule has 1 aromatic rings. The number of primary amides is 1. The van der Waals surface area contributed by atoms with Crippen LogP contribution in [-0.4, -0.2) is 17.7 Å². The minimum atomic E-state index is -0.967. The zero-order chi connectivity index (χ0) is 14.4. The van der Waals surface area contributed by atoms with E-state index in [2.05, 4.69) is 6.58 Å². The van der Waals surface area contributed by atoms with Crippen molar-refractivity contribution in [3.8, 4) is 0 Å². The zero-order valence-corrected chi connectivity index (χ0v) is 10.6. The Bertz CT molecular complexity index is 507. The van der Waals surface area contributed by atoms with Crippen LogP contribution in [0.2, 0.25) is 0 Å². The van der Waals surface area contributed by atoms with E-state index in [4.69, 9.17) is 10.5 Å². The lowest BCUT2D eigenvalue weighted by Crippen LogP contribution is -2.23. The number of hydrogen-bond acceptors (Lipinski definition) is 4. The van der Waals surface area contributed by atoms with Crippen molar-refractivity contribution >= 4 is 17.7 Å². The van der Waals surface area contributed by atoms with Crippen molar-refractivity contribution in [1.82, 2.24) is 0 Å². The average Bonchev–Trinajstić information content (AvgIpc) is 2.35. The van der Waals surface area contributed by atoms with Crippen LogP contribution in [0.3, 0.4) is 0 Å². The van der Waals surface area contributed by atoms with E-state index in [0.29, 0.717) is 5.56 Å². The number of carbonyl (C=O) groups excluding carboxylic acids is 3. The molecule has 0 aliphatic heterocycles. The fraction of sp³-hybridized carbons (Fsp3) is 0.214. The fourth-order valence-corrected chi connectivity index (χ4v) is 1.47. The van der Waals surface area contributed by atoms with Gasteiger partial charge in [0, 0.05) is 0 Å². The molecule has 1 aromatic carbocycles. The molecular formula is C14H15NO4. The Hall–Kier alpha value is -2.43. The number of benzene rings is 1. The van der Waals surface area contributed by atoms with Crippen LogP contribution in [0.5, 0.6) is 0 Å². The molecule has 0 bridgehead atoms. The topological polar surface area (TPSA) is 86.5 Å². The number of ether oxygens (including phenoxy) is 1. The van der Waals surface area contributed by atoms with Gasteiger partial charge in [0.15, 0.2) is 6.10 Å². The Morgan fingerprint density at radius 2 is 1.84 bits per heavy atom. The predicted octanol–water partition coefficient (Wildman–Crippen LogP) is 1.29. The van der Waals surface area contributed by atoms with Crippen molar-refractivity contribution in [1.29, 1.82) is 0 Å². The van der Waals surface area contributed by atoms with Crippen LogP contribution < -0.4 is 5.73 Å². The first kappa shape index (κ1) is 14.6. The Balaban J connectivity index is 2.94. The number of amides is 1. The second kappa shape index (κ2) is 6.49. The van der Waals surface area contributed by atoms with Gasteiger partial charge in [-0.3, -0.25) is 14.4 Å². The van der Waals surface area contributed by atoms with Gasteiger partial charge in [-0.1, -0.05) is 36.9 Å². The van der Waals surface area contributed by atoms with Crippen LogP contribution >= 0.6 is 0 Å². The van der Waals surface area contributed by atoms with Crippen molar-refractivity contribution in [2.45, 2.75) is 19.4 Å². The van der Waals surface area contributed by atoms with Crippen LogP contribution in [0.25, 0.3) is 0 Å². The molecule has 0 heterocycles. The van der Waals surface area contributed by atoms with E-state index in [1.807, 2.05) is 0 Å². The third-order valence-electron chi connectivity index (χ3n) is 2.38. The highest BCUT2D eigenvalue weighted by Gasteiger charge is 2.23. The number of esters is 1. The van der Waals surface area contributed by atoms with E-state index in [1.54, 1.807) is 30.3 Å². The highest BCUT2D eigenvalue weighted by molar-refractivity contribution is 5.96. The average molecular weight is 261 g/mol. The highest BCUT2D eigenvalue weighted by atomic mass is 16.5. The molecule has 0 aliphatic carbocycles. The van der Waals surface area contributed by atoms with Crippen molar-refractivity contribution in [3.63, 3.8) is 0 Å². The summed E-state index contributed by atoms with van der Waals surface area (Å²) in [5.41, 5.74) is 5.69. The number of hydrogen-bond donors (Lipinski definition) is 1. The first-order valence-corrected chi connectivity index (χ1v) is 5.64. The summed E-state index contributed by atoms with van der Waals surface area (Å²) < 4.78 is 5.11. The smallest absolute Gasteiger partial charge is 0.314 e. The molecule has 2 N–H and O–H groups in total. The first-order chi connectivity index (χ1) is 8.91. The van der Waals surface area contributed by atoms with Crippen LogP contribution in [0, 0.1) is 0 Å². The normalized spacial score (nSPS) is 11.4. The molecule has 0 spiro atoms. The van der Waals surface area contributed by atoms with Gasteiger partial charge in [-0.2, -0.15) is 0 Å². The van der Waals surface area contributed by atoms with Crippen molar-refractivity contribution in [2.24, 2.45) is 5.73 Å². The SMILES string of the molecule is C=C(C(N)=O)C(OC(=O)CC(C)=O)c1ccccc1. The molecule has 19 heavy (non-hydrogen) atoms. The molecule has 0 aromatic heterocycles. The number of Topliss-reactive ketones (excluding diaryl/α,β-unsaturated/α-hetero) is 1. The standard InChI is InChI=1S/C14H15NO4/c1-9(16)8-12(17)19-13(10(2)14(15)18)11-6-4-3-5-7-11/h3-7,13H,2,8H2,1H3,(H2,15,18). The quantitative estimate of drug-likeness (QED) is 0.475. The Labute approximate surface area is 111 Å². The zero-order valence-electron chi connectivity index (χ0n) is 10.6. The highest BCUT2D eigenvalue weighted by Crippen LogP contribution is 2.25. The Morgan fingerprint density at radius 3 is 2.32 bits per heavy atom. The van der Waals surface area contributed by atoms with Gasteiger partial charge in [0.1, 0.15) is 12.2 Å². The Kier molecular flexibility index (Phi) is 5.00. The minimum Gasteiger partial charge on any atom is -0.452 e. The van der Waals surface area contributed by atoms with Gasteiger partial charge in [-0.25, -0.2) is 0 Å². The van der Waals surface area contributed by atoms with Crippen molar-refractivity contribution in [3.05, 3.63) is 48.0 Å². The lowest BCUT2D eigenvalue weighted by molar-refractivity contribution is -0.149. The molecule has 1 amide bonds. The number of ketones is 1. The molecule has 100 valence electrons. The van der Waals surface area contributed by atoms with E-state index in [9.17, 15) is 14.4 Å². The maximum Gasteiger partial charge on any atom is 0.314 e. The summed E-state index contributed by atoms with van der Waals surface area (Å²) in [7, 11) is 0. The van der Waals surface area contributed by atoms with Gasteiger partial charge in [0.2, 0.25) is 5.91 Å². The van der Waals surface area contributed by atoms with E-state index < -0.39 is 18.0 Å². The summed E-state index contributed by atoms with van der Waals surface area (Å²) in [6.07, 6.45) is -1.32. The van der Waals surface area contributed by atoms with Gasteiger partial charge in [0.05, 0.1) is 5.57 Å². The van der Waals surface area contributed by atoms with Crippen LogP contribution in [0.15, 0.2) is 42.5 Å². The molecule has 0 saturated carbocycles. The summed E-state index contributed by atoms with van der Waals surface area (Å²) in [6, 6.07) is 8.61. The number of nitrogens with two attached hydrogens (primary N) is 1. The van der Waals surface area contributed by atoms with E-state index >= 15 is 0 Å². The molecule has 1 unspecified atom stereocenters. The second-order valence-corrected chi connectivity index (χ2v) is 4.05. The largest absolute Gasteiger partial charge is 0.452 e. The van der Waals surface area contributed by atoms with Gasteiger partial charge in [-0.05, 0) is 12.5 Å². The van der Waals surface area contributed by atoms with Crippen LogP contribution in [0.4, 0.5) is 0 Å². The maximum atomic E-state index is 11.5. The number of rotatable bonds is 6. The molecule has 0 radical (unpaired) electrons. The van der Waals surface area contributed by atoms with Crippen molar-refractivity contribution < 1.29 is 19.1 Å². The van der Waals surface area contributed by atoms with Gasteiger partial charge in [-0.15, -0.1) is 0 Å². The van der Waals surface area contributed by atoms with E-state index in [-0.39, 0.29) is 17.8 Å². The van der Waals surface area contributed by atoms with E-state index in [1.165, 1.54) is 6.92 Å². The molecule has 5 heteroatoms. The first-order valence-electron chi connectivity index (χ1n) is 5.64. The summed E-state index contributed by atoms with van der Waals surface area (Å²) in [5.74, 6) is -1.80. The lowest BCUT2D eigenvalue weighted by atomic mass is 10.0. The molecule has 0 fully saturated rings. The molecular weight excluding hydrogens is 246 g/mol. The second-order valence-electron chi connectivity index (χ2n) is 4.05. The predicted molar refractivity (Wildman–Crippen MR) is 68.9 cm³/mol. The third kappa shape index (κ3) is 4.39. The minimum absolute atomic E-state index is 0.0388.